The molecule has 0 bridgehead atoms. The molecule has 3 nitrogen and oxygen atoms in total. The van der Waals surface area contributed by atoms with Crippen LogP contribution in [0.3, 0.4) is 0 Å². The van der Waals surface area contributed by atoms with E-state index in [4.69, 9.17) is 4.74 Å². The third-order valence-electron chi connectivity index (χ3n) is 6.19. The van der Waals surface area contributed by atoms with Crippen molar-refractivity contribution in [2.75, 3.05) is 0 Å². The van der Waals surface area contributed by atoms with Crippen molar-refractivity contribution in [1.29, 1.82) is 0 Å². The zero-order valence-corrected chi connectivity index (χ0v) is 11.9. The molecule has 0 aromatic rings. The fraction of sp³-hybridized carbons (Fsp3) is 1.00. The molecule has 3 heteroatoms. The van der Waals surface area contributed by atoms with Gasteiger partial charge in [0.05, 0.1) is 22.9 Å². The van der Waals surface area contributed by atoms with Gasteiger partial charge in [0.15, 0.2) is 0 Å². The molecule has 104 valence electrons. The van der Waals surface area contributed by atoms with Gasteiger partial charge in [0.2, 0.25) is 0 Å². The molecule has 0 unspecified atom stereocenters. The lowest BCUT2D eigenvalue weighted by molar-refractivity contribution is -0.156. The standard InChI is InChI=1S/C15H26O3/c1-9-5-6-10-11(12-15(9,4)18-12)14(3,17)8-7-13(10,2)16/h9-12,16-17H,5-8H2,1-4H3/t9-,10-,11+,12-,13+,14-,15+/m0/s1. The quantitative estimate of drug-likeness (QED) is 0.651. The Hall–Kier alpha value is -0.120. The van der Waals surface area contributed by atoms with E-state index < -0.39 is 11.2 Å². The molecular weight excluding hydrogens is 228 g/mol. The van der Waals surface area contributed by atoms with E-state index >= 15 is 0 Å². The van der Waals surface area contributed by atoms with Gasteiger partial charge in [-0.25, -0.2) is 0 Å². The molecule has 3 aliphatic rings. The summed E-state index contributed by atoms with van der Waals surface area (Å²) < 4.78 is 5.98. The Labute approximate surface area is 110 Å². The Morgan fingerprint density at radius 2 is 1.61 bits per heavy atom. The van der Waals surface area contributed by atoms with E-state index in [-0.39, 0.29) is 23.5 Å². The maximum Gasteiger partial charge on any atom is 0.0949 e. The second kappa shape index (κ2) is 3.50. The lowest BCUT2D eigenvalue weighted by Crippen LogP contribution is -2.56. The van der Waals surface area contributed by atoms with Gasteiger partial charge in [0.25, 0.3) is 0 Å². The monoisotopic (exact) mass is 254 g/mol. The predicted molar refractivity (Wildman–Crippen MR) is 69.1 cm³/mol. The summed E-state index contributed by atoms with van der Waals surface area (Å²) in [6, 6.07) is 0. The molecular formula is C15H26O3. The summed E-state index contributed by atoms with van der Waals surface area (Å²) in [5.74, 6) is 0.758. The molecule has 3 fully saturated rings. The first-order chi connectivity index (χ1) is 8.18. The predicted octanol–water partition coefficient (Wildman–Crippen LogP) is 2.10. The molecule has 7 atom stereocenters. The van der Waals surface area contributed by atoms with Gasteiger partial charge in [-0.05, 0) is 58.3 Å². The third-order valence-corrected chi connectivity index (χ3v) is 6.19. The van der Waals surface area contributed by atoms with Crippen LogP contribution >= 0.6 is 0 Å². The summed E-state index contributed by atoms with van der Waals surface area (Å²) in [5, 5.41) is 21.4. The summed E-state index contributed by atoms with van der Waals surface area (Å²) in [6.45, 7) is 8.28. The Kier molecular flexibility index (Phi) is 2.51. The van der Waals surface area contributed by atoms with Crippen LogP contribution in [-0.4, -0.2) is 33.1 Å². The SMILES string of the molecule is C[C@H]1CC[C@H]2[C@H]([C@@H]3O[C@]13C)[C@@](C)(O)CC[C@@]2(C)O. The zero-order valence-electron chi connectivity index (χ0n) is 11.9. The van der Waals surface area contributed by atoms with Crippen LogP contribution < -0.4 is 0 Å². The summed E-state index contributed by atoms with van der Waals surface area (Å²) in [6.07, 6.45) is 3.58. The largest absolute Gasteiger partial charge is 0.390 e. The minimum absolute atomic E-state index is 0.0726. The number of epoxide rings is 1. The van der Waals surface area contributed by atoms with Gasteiger partial charge in [-0.1, -0.05) is 6.92 Å². The highest BCUT2D eigenvalue weighted by Gasteiger charge is 2.68. The van der Waals surface area contributed by atoms with Crippen molar-refractivity contribution in [2.24, 2.45) is 17.8 Å². The van der Waals surface area contributed by atoms with Crippen molar-refractivity contribution >= 4 is 0 Å². The van der Waals surface area contributed by atoms with Crippen molar-refractivity contribution in [1.82, 2.24) is 0 Å². The van der Waals surface area contributed by atoms with E-state index in [0.29, 0.717) is 18.8 Å². The molecule has 0 aromatic carbocycles. The molecule has 0 amide bonds. The van der Waals surface area contributed by atoms with E-state index in [1.165, 1.54) is 0 Å². The fourth-order valence-electron chi connectivity index (χ4n) is 4.49. The molecule has 1 aliphatic heterocycles. The second-order valence-corrected chi connectivity index (χ2v) is 7.55. The van der Waals surface area contributed by atoms with Crippen molar-refractivity contribution in [3.63, 3.8) is 0 Å². The molecule has 1 heterocycles. The van der Waals surface area contributed by atoms with E-state index in [0.717, 1.165) is 12.8 Å². The molecule has 2 N–H and O–H groups in total. The molecule has 1 saturated heterocycles. The smallest absolute Gasteiger partial charge is 0.0949 e. The highest BCUT2D eigenvalue weighted by Crippen LogP contribution is 2.60. The average Bonchev–Trinajstić information content (AvgIpc) is 2.93. The van der Waals surface area contributed by atoms with Crippen LogP contribution in [0.5, 0.6) is 0 Å². The van der Waals surface area contributed by atoms with Crippen molar-refractivity contribution in [2.45, 2.75) is 76.3 Å². The highest BCUT2D eigenvalue weighted by atomic mass is 16.6. The van der Waals surface area contributed by atoms with Gasteiger partial charge in [-0.15, -0.1) is 0 Å². The summed E-state index contributed by atoms with van der Waals surface area (Å²) >= 11 is 0. The second-order valence-electron chi connectivity index (χ2n) is 7.55. The first kappa shape index (κ1) is 12.9. The van der Waals surface area contributed by atoms with Gasteiger partial charge in [0, 0.05) is 5.92 Å². The van der Waals surface area contributed by atoms with Gasteiger partial charge >= 0.3 is 0 Å². The maximum absolute atomic E-state index is 10.7. The van der Waals surface area contributed by atoms with Crippen LogP contribution in [0.2, 0.25) is 0 Å². The molecule has 3 rings (SSSR count). The minimum atomic E-state index is -0.695. The Balaban J connectivity index is 1.98. The summed E-state index contributed by atoms with van der Waals surface area (Å²) in [5.41, 5.74) is -1.42. The van der Waals surface area contributed by atoms with Gasteiger partial charge < -0.3 is 14.9 Å². The Morgan fingerprint density at radius 3 is 2.28 bits per heavy atom. The lowest BCUT2D eigenvalue weighted by Gasteiger charge is -2.49. The van der Waals surface area contributed by atoms with Crippen LogP contribution in [0.1, 0.15) is 53.4 Å². The van der Waals surface area contributed by atoms with E-state index in [1.807, 2.05) is 13.8 Å². The normalized spacial score (nSPS) is 63.7. The number of aliphatic hydroxyl groups is 2. The van der Waals surface area contributed by atoms with Crippen LogP contribution in [-0.2, 0) is 4.74 Å². The molecule has 2 aliphatic carbocycles. The summed E-state index contributed by atoms with van der Waals surface area (Å²) in [7, 11) is 0. The van der Waals surface area contributed by atoms with E-state index in [2.05, 4.69) is 13.8 Å². The number of hydrogen-bond donors (Lipinski definition) is 2. The Bertz CT molecular complexity index is 363. The molecule has 0 spiro atoms. The number of fused-ring (bicyclic) bond motifs is 3. The third kappa shape index (κ3) is 1.60. The molecule has 0 radical (unpaired) electrons. The minimum Gasteiger partial charge on any atom is -0.390 e. The number of ether oxygens (including phenoxy) is 1. The molecule has 0 aromatic heterocycles. The number of hydrogen-bond acceptors (Lipinski definition) is 3. The number of rotatable bonds is 0. The van der Waals surface area contributed by atoms with Crippen LogP contribution in [0, 0.1) is 17.8 Å². The van der Waals surface area contributed by atoms with Crippen molar-refractivity contribution in [3.8, 4) is 0 Å². The van der Waals surface area contributed by atoms with Crippen molar-refractivity contribution in [3.05, 3.63) is 0 Å². The first-order valence-corrected chi connectivity index (χ1v) is 7.31. The van der Waals surface area contributed by atoms with Gasteiger partial charge in [-0.3, -0.25) is 0 Å². The Morgan fingerprint density at radius 1 is 1.00 bits per heavy atom. The van der Waals surface area contributed by atoms with Gasteiger partial charge in [-0.2, -0.15) is 0 Å². The maximum atomic E-state index is 10.7. The van der Waals surface area contributed by atoms with Crippen molar-refractivity contribution < 1.29 is 14.9 Å². The lowest BCUT2D eigenvalue weighted by atomic mass is 9.60. The average molecular weight is 254 g/mol. The van der Waals surface area contributed by atoms with Gasteiger partial charge in [0.1, 0.15) is 0 Å². The molecule has 18 heavy (non-hydrogen) atoms. The topological polar surface area (TPSA) is 53.0 Å². The molecule has 2 saturated carbocycles. The van der Waals surface area contributed by atoms with Crippen LogP contribution in [0.25, 0.3) is 0 Å². The summed E-state index contributed by atoms with van der Waals surface area (Å²) in [4.78, 5) is 0. The van der Waals surface area contributed by atoms with Crippen LogP contribution in [0.15, 0.2) is 0 Å². The fourth-order valence-corrected chi connectivity index (χ4v) is 4.49. The zero-order chi connectivity index (χ0) is 13.3. The first-order valence-electron chi connectivity index (χ1n) is 7.31. The van der Waals surface area contributed by atoms with E-state index in [9.17, 15) is 10.2 Å². The van der Waals surface area contributed by atoms with E-state index in [1.54, 1.807) is 0 Å². The van der Waals surface area contributed by atoms with Crippen LogP contribution in [0.4, 0.5) is 0 Å². The highest BCUT2D eigenvalue weighted by molar-refractivity contribution is 5.16.